The molecule has 1 heterocycles. The zero-order chi connectivity index (χ0) is 14.0. The maximum absolute atomic E-state index is 11.6. The summed E-state index contributed by atoms with van der Waals surface area (Å²) in [6.07, 6.45) is 1.17. The number of hydrogen-bond acceptors (Lipinski definition) is 6. The van der Waals surface area contributed by atoms with E-state index in [1.54, 1.807) is 19.9 Å². The molecule has 0 atom stereocenters. The lowest BCUT2D eigenvalue weighted by Crippen LogP contribution is -2.15. The molecule has 19 heavy (non-hydrogen) atoms. The summed E-state index contributed by atoms with van der Waals surface area (Å²) >= 11 is 0. The van der Waals surface area contributed by atoms with Crippen molar-refractivity contribution in [3.05, 3.63) is 35.5 Å². The maximum atomic E-state index is 11.6. The molecule has 2 rings (SSSR count). The predicted octanol–water partition coefficient (Wildman–Crippen LogP) is 0.913. The van der Waals surface area contributed by atoms with E-state index in [-0.39, 0.29) is 17.3 Å². The number of primary sulfonamides is 1. The molecule has 0 amide bonds. The summed E-state index contributed by atoms with van der Waals surface area (Å²) in [4.78, 5) is 3.74. The number of aromatic nitrogens is 2. The van der Waals surface area contributed by atoms with Crippen LogP contribution in [0.25, 0.3) is 0 Å². The van der Waals surface area contributed by atoms with E-state index in [2.05, 4.69) is 14.7 Å². The van der Waals surface area contributed by atoms with E-state index in [1.807, 2.05) is 0 Å². The van der Waals surface area contributed by atoms with Gasteiger partial charge in [0, 0.05) is 0 Å². The number of sulfonamides is 1. The van der Waals surface area contributed by atoms with E-state index in [4.69, 9.17) is 9.88 Å². The minimum atomic E-state index is -3.86. The van der Waals surface area contributed by atoms with Crippen LogP contribution >= 0.6 is 0 Å². The second-order valence-electron chi connectivity index (χ2n) is 4.09. The monoisotopic (exact) mass is 283 g/mol. The van der Waals surface area contributed by atoms with Crippen LogP contribution in [0.15, 0.2) is 27.9 Å². The van der Waals surface area contributed by atoms with Crippen LogP contribution in [0.4, 0.5) is 0 Å². The Labute approximate surface area is 110 Å². The first-order chi connectivity index (χ1) is 8.88. The Bertz CT molecular complexity index is 680. The number of rotatable bonds is 4. The van der Waals surface area contributed by atoms with Crippen molar-refractivity contribution < 1.29 is 17.7 Å². The Morgan fingerprint density at radius 1 is 1.37 bits per heavy atom. The van der Waals surface area contributed by atoms with Gasteiger partial charge in [-0.25, -0.2) is 13.6 Å². The maximum Gasteiger partial charge on any atom is 0.241 e. The summed E-state index contributed by atoms with van der Waals surface area (Å²) in [5, 5.41) is 8.77. The molecule has 0 unspecified atom stereocenters. The Kier molecular flexibility index (Phi) is 3.54. The molecule has 2 aromatic rings. The van der Waals surface area contributed by atoms with E-state index in [1.165, 1.54) is 12.5 Å². The van der Waals surface area contributed by atoms with Crippen LogP contribution in [0.3, 0.4) is 0 Å². The smallest absolute Gasteiger partial charge is 0.241 e. The molecular formula is C11H13N3O4S. The molecule has 1 aromatic heterocycles. The van der Waals surface area contributed by atoms with Gasteiger partial charge in [-0.05, 0) is 31.0 Å². The summed E-state index contributed by atoms with van der Waals surface area (Å²) in [7, 11) is -3.86. The van der Waals surface area contributed by atoms with Gasteiger partial charge < -0.3 is 9.26 Å². The predicted molar refractivity (Wildman–Crippen MR) is 65.9 cm³/mol. The van der Waals surface area contributed by atoms with Crippen LogP contribution < -0.4 is 9.88 Å². The van der Waals surface area contributed by atoms with Crippen molar-refractivity contribution in [3.63, 3.8) is 0 Å². The fourth-order valence-corrected chi connectivity index (χ4v) is 2.53. The molecule has 2 N–H and O–H groups in total. The third kappa shape index (κ3) is 3.09. The normalized spacial score (nSPS) is 11.5. The lowest BCUT2D eigenvalue weighted by molar-refractivity contribution is 0.277. The average Bonchev–Trinajstić information content (AvgIpc) is 2.78. The number of aryl methyl sites for hydroxylation is 2. The van der Waals surface area contributed by atoms with Crippen LogP contribution in [-0.2, 0) is 16.6 Å². The van der Waals surface area contributed by atoms with Gasteiger partial charge in [-0.3, -0.25) is 0 Å². The Morgan fingerprint density at radius 3 is 2.68 bits per heavy atom. The highest BCUT2D eigenvalue weighted by atomic mass is 32.2. The highest BCUT2D eigenvalue weighted by Crippen LogP contribution is 2.29. The minimum Gasteiger partial charge on any atom is -0.484 e. The zero-order valence-corrected chi connectivity index (χ0v) is 11.3. The third-order valence-electron chi connectivity index (χ3n) is 2.44. The van der Waals surface area contributed by atoms with Gasteiger partial charge in [0.15, 0.2) is 6.61 Å². The molecular weight excluding hydrogens is 270 g/mol. The Morgan fingerprint density at radius 2 is 2.11 bits per heavy atom. The molecule has 0 radical (unpaired) electrons. The molecule has 0 bridgehead atoms. The van der Waals surface area contributed by atoms with E-state index < -0.39 is 10.0 Å². The van der Waals surface area contributed by atoms with Gasteiger partial charge in [0.05, 0.1) is 0 Å². The highest BCUT2D eigenvalue weighted by molar-refractivity contribution is 7.89. The van der Waals surface area contributed by atoms with E-state index in [0.29, 0.717) is 11.4 Å². The molecule has 0 saturated carbocycles. The summed E-state index contributed by atoms with van der Waals surface area (Å²) in [5.74, 6) is 0.526. The van der Waals surface area contributed by atoms with Gasteiger partial charge in [0.2, 0.25) is 22.2 Å². The lowest BCUT2D eigenvalue weighted by Gasteiger charge is -2.12. The molecule has 0 saturated heterocycles. The molecule has 1 aromatic carbocycles. The van der Waals surface area contributed by atoms with Gasteiger partial charge in [0.25, 0.3) is 0 Å². The first kappa shape index (κ1) is 13.5. The van der Waals surface area contributed by atoms with Crippen molar-refractivity contribution in [1.29, 1.82) is 0 Å². The zero-order valence-electron chi connectivity index (χ0n) is 10.5. The molecule has 0 aliphatic heterocycles. The molecule has 102 valence electrons. The first-order valence-electron chi connectivity index (χ1n) is 5.40. The van der Waals surface area contributed by atoms with Crippen LogP contribution in [-0.4, -0.2) is 18.6 Å². The van der Waals surface area contributed by atoms with Gasteiger partial charge in [-0.2, -0.15) is 4.98 Å². The number of ether oxygens (including phenoxy) is 1. The third-order valence-corrected chi connectivity index (χ3v) is 3.36. The summed E-state index contributed by atoms with van der Waals surface area (Å²) in [6.45, 7) is 3.53. The number of hydrogen-bond donors (Lipinski definition) is 1. The van der Waals surface area contributed by atoms with Crippen molar-refractivity contribution >= 4 is 10.0 Å². The topological polar surface area (TPSA) is 108 Å². The second kappa shape index (κ2) is 4.98. The van der Waals surface area contributed by atoms with Crippen molar-refractivity contribution in [3.8, 4) is 5.75 Å². The van der Waals surface area contributed by atoms with Crippen molar-refractivity contribution in [1.82, 2.24) is 10.1 Å². The molecule has 0 spiro atoms. The Balaban J connectivity index is 2.38. The first-order valence-corrected chi connectivity index (χ1v) is 6.94. The van der Waals surface area contributed by atoms with E-state index in [9.17, 15) is 8.42 Å². The second-order valence-corrected chi connectivity index (χ2v) is 5.62. The minimum absolute atomic E-state index is 0.00290. The summed E-state index contributed by atoms with van der Waals surface area (Å²) < 4.78 is 33.2. The average molecular weight is 283 g/mol. The van der Waals surface area contributed by atoms with E-state index in [0.717, 1.165) is 5.56 Å². The fraction of sp³-hybridized carbons (Fsp3) is 0.273. The summed E-state index contributed by atoms with van der Waals surface area (Å²) in [5.41, 5.74) is 1.46. The van der Waals surface area contributed by atoms with Crippen LogP contribution in [0, 0.1) is 13.8 Å². The van der Waals surface area contributed by atoms with Crippen molar-refractivity contribution in [2.24, 2.45) is 5.14 Å². The van der Waals surface area contributed by atoms with E-state index >= 15 is 0 Å². The standard InChI is InChI=1S/C11H13N3O4S/c1-7-3-8(2)11(9(4-7)19(12,15)16)17-5-10-13-6-18-14-10/h3-4,6H,5H2,1-2H3,(H2,12,15,16). The molecule has 0 fully saturated rings. The molecule has 7 nitrogen and oxygen atoms in total. The van der Waals surface area contributed by atoms with Crippen LogP contribution in [0.2, 0.25) is 0 Å². The molecule has 0 aliphatic rings. The molecule has 8 heteroatoms. The fourth-order valence-electron chi connectivity index (χ4n) is 1.70. The van der Waals surface area contributed by atoms with Crippen LogP contribution in [0.1, 0.15) is 17.0 Å². The van der Waals surface area contributed by atoms with Crippen LogP contribution in [0.5, 0.6) is 5.75 Å². The SMILES string of the molecule is Cc1cc(C)c(OCc2ncon2)c(S(N)(=O)=O)c1. The lowest BCUT2D eigenvalue weighted by atomic mass is 10.1. The summed E-state index contributed by atoms with van der Waals surface area (Å²) in [6, 6.07) is 3.27. The number of benzene rings is 1. The van der Waals surface area contributed by atoms with Gasteiger partial charge in [-0.15, -0.1) is 0 Å². The molecule has 0 aliphatic carbocycles. The largest absolute Gasteiger partial charge is 0.484 e. The number of nitrogens with zero attached hydrogens (tertiary/aromatic N) is 2. The van der Waals surface area contributed by atoms with Gasteiger partial charge in [0.1, 0.15) is 10.6 Å². The van der Waals surface area contributed by atoms with Crippen molar-refractivity contribution in [2.75, 3.05) is 0 Å². The number of nitrogens with two attached hydrogens (primary N) is 1. The highest BCUT2D eigenvalue weighted by Gasteiger charge is 2.18. The van der Waals surface area contributed by atoms with Gasteiger partial charge in [-0.1, -0.05) is 11.2 Å². The van der Waals surface area contributed by atoms with Crippen molar-refractivity contribution in [2.45, 2.75) is 25.3 Å². The quantitative estimate of drug-likeness (QED) is 0.893. The Hall–Kier alpha value is -1.93. The van der Waals surface area contributed by atoms with Gasteiger partial charge >= 0.3 is 0 Å².